The van der Waals surface area contributed by atoms with Gasteiger partial charge in [0.1, 0.15) is 5.75 Å². The second kappa shape index (κ2) is 5.25. The quantitative estimate of drug-likeness (QED) is 0.807. The van der Waals surface area contributed by atoms with Crippen molar-refractivity contribution in [1.29, 1.82) is 0 Å². The molecule has 0 heterocycles. The van der Waals surface area contributed by atoms with Crippen LogP contribution in [0.5, 0.6) is 5.75 Å². The zero-order valence-electron chi connectivity index (χ0n) is 8.15. The first kappa shape index (κ1) is 12.0. The fraction of sp³-hybridized carbons (Fsp3) is 0. The minimum absolute atomic E-state index is 0.270. The number of hydrogen-bond donors (Lipinski definition) is 1. The normalized spacial score (nSPS) is 10.4. The smallest absolute Gasteiger partial charge is 0.116 e. The summed E-state index contributed by atoms with van der Waals surface area (Å²) in [5.41, 5.74) is 0. The van der Waals surface area contributed by atoms with Gasteiger partial charge in [0, 0.05) is 18.7 Å². The lowest BCUT2D eigenvalue weighted by Gasteiger charge is -2.04. The van der Waals surface area contributed by atoms with Gasteiger partial charge in [-0.1, -0.05) is 27.7 Å². The summed E-state index contributed by atoms with van der Waals surface area (Å²) in [5.74, 6) is 0.270. The maximum absolute atomic E-state index is 9.29. The molecule has 0 aliphatic heterocycles. The van der Waals surface area contributed by atoms with Crippen LogP contribution >= 0.6 is 43.6 Å². The van der Waals surface area contributed by atoms with Crippen molar-refractivity contribution in [2.45, 2.75) is 9.79 Å². The molecule has 0 aromatic heterocycles. The number of hydrogen-bond acceptors (Lipinski definition) is 2. The van der Waals surface area contributed by atoms with Crippen LogP contribution in [-0.2, 0) is 0 Å². The Morgan fingerprint density at radius 1 is 0.938 bits per heavy atom. The van der Waals surface area contributed by atoms with Crippen LogP contribution in [-0.4, -0.2) is 5.11 Å². The summed E-state index contributed by atoms with van der Waals surface area (Å²) in [5, 5.41) is 9.29. The summed E-state index contributed by atoms with van der Waals surface area (Å²) in [6.45, 7) is 0. The Morgan fingerprint density at radius 3 is 2.25 bits per heavy atom. The molecule has 0 bridgehead atoms. The molecule has 1 N–H and O–H groups in total. The van der Waals surface area contributed by atoms with Crippen molar-refractivity contribution in [1.82, 2.24) is 0 Å². The van der Waals surface area contributed by atoms with Gasteiger partial charge in [0.25, 0.3) is 0 Å². The second-order valence-electron chi connectivity index (χ2n) is 3.17. The SMILES string of the molecule is Oc1ccc(Sc2ccc(Br)cc2)c(Br)c1. The van der Waals surface area contributed by atoms with Crippen molar-refractivity contribution in [2.24, 2.45) is 0 Å². The third-order valence-electron chi connectivity index (χ3n) is 1.96. The van der Waals surface area contributed by atoms with Crippen LogP contribution in [0.1, 0.15) is 0 Å². The highest BCUT2D eigenvalue weighted by atomic mass is 79.9. The topological polar surface area (TPSA) is 20.2 Å². The van der Waals surface area contributed by atoms with Crippen molar-refractivity contribution in [3.8, 4) is 5.75 Å². The average Bonchev–Trinajstić information content (AvgIpc) is 2.25. The lowest BCUT2D eigenvalue weighted by molar-refractivity contribution is 0.474. The monoisotopic (exact) mass is 358 g/mol. The molecule has 0 saturated heterocycles. The third kappa shape index (κ3) is 3.03. The first-order valence-electron chi connectivity index (χ1n) is 4.57. The van der Waals surface area contributed by atoms with E-state index in [0.717, 1.165) is 18.7 Å². The van der Waals surface area contributed by atoms with E-state index >= 15 is 0 Å². The second-order valence-corrected chi connectivity index (χ2v) is 6.06. The van der Waals surface area contributed by atoms with Crippen LogP contribution in [0, 0.1) is 0 Å². The van der Waals surface area contributed by atoms with Crippen LogP contribution in [0.4, 0.5) is 0 Å². The van der Waals surface area contributed by atoms with Crippen molar-refractivity contribution >= 4 is 43.6 Å². The Kier molecular flexibility index (Phi) is 3.95. The highest BCUT2D eigenvalue weighted by Gasteiger charge is 2.03. The summed E-state index contributed by atoms with van der Waals surface area (Å²) < 4.78 is 1.97. The van der Waals surface area contributed by atoms with Gasteiger partial charge >= 0.3 is 0 Å². The Labute approximate surface area is 115 Å². The lowest BCUT2D eigenvalue weighted by Crippen LogP contribution is -1.76. The van der Waals surface area contributed by atoms with Gasteiger partial charge in [0.15, 0.2) is 0 Å². The summed E-state index contributed by atoms with van der Waals surface area (Å²) >= 11 is 8.49. The average molecular weight is 360 g/mol. The van der Waals surface area contributed by atoms with Gasteiger partial charge in [0.05, 0.1) is 0 Å². The van der Waals surface area contributed by atoms with E-state index in [1.54, 1.807) is 23.9 Å². The number of benzene rings is 2. The predicted octanol–water partition coefficient (Wildman–Crippen LogP) is 5.07. The third-order valence-corrected chi connectivity index (χ3v) is 4.49. The molecule has 16 heavy (non-hydrogen) atoms. The van der Waals surface area contributed by atoms with E-state index in [2.05, 4.69) is 31.9 Å². The Bertz CT molecular complexity index is 497. The molecule has 0 radical (unpaired) electrons. The van der Waals surface area contributed by atoms with E-state index in [-0.39, 0.29) is 5.75 Å². The molecule has 0 aliphatic rings. The number of rotatable bonds is 2. The van der Waals surface area contributed by atoms with E-state index in [0.29, 0.717) is 0 Å². The van der Waals surface area contributed by atoms with Crippen LogP contribution in [0.3, 0.4) is 0 Å². The molecule has 0 spiro atoms. The van der Waals surface area contributed by atoms with Gasteiger partial charge in [-0.3, -0.25) is 0 Å². The highest BCUT2D eigenvalue weighted by Crippen LogP contribution is 2.35. The zero-order valence-corrected chi connectivity index (χ0v) is 12.1. The van der Waals surface area contributed by atoms with Gasteiger partial charge < -0.3 is 5.11 Å². The first-order valence-corrected chi connectivity index (χ1v) is 6.97. The summed E-state index contributed by atoms with van der Waals surface area (Å²) in [6, 6.07) is 13.4. The molecular formula is C12H8Br2OS. The van der Waals surface area contributed by atoms with E-state index in [4.69, 9.17) is 0 Å². The molecule has 0 amide bonds. The Hall–Kier alpha value is -0.450. The number of phenols is 1. The Balaban J connectivity index is 2.23. The predicted molar refractivity (Wildman–Crippen MR) is 74.1 cm³/mol. The highest BCUT2D eigenvalue weighted by molar-refractivity contribution is 9.10. The lowest BCUT2D eigenvalue weighted by atomic mass is 10.3. The molecule has 2 aromatic rings. The number of phenolic OH excluding ortho intramolecular Hbond substituents is 1. The summed E-state index contributed by atoms with van der Waals surface area (Å²) in [7, 11) is 0. The molecule has 0 unspecified atom stereocenters. The summed E-state index contributed by atoms with van der Waals surface area (Å²) in [4.78, 5) is 2.25. The fourth-order valence-corrected chi connectivity index (χ4v) is 2.89. The summed E-state index contributed by atoms with van der Waals surface area (Å²) in [6.07, 6.45) is 0. The molecule has 2 aromatic carbocycles. The van der Waals surface area contributed by atoms with Crippen LogP contribution in [0.2, 0.25) is 0 Å². The first-order chi connectivity index (χ1) is 7.65. The maximum atomic E-state index is 9.29. The molecule has 0 saturated carbocycles. The molecule has 82 valence electrons. The van der Waals surface area contributed by atoms with Gasteiger partial charge in [-0.25, -0.2) is 0 Å². The zero-order chi connectivity index (χ0) is 11.5. The van der Waals surface area contributed by atoms with Gasteiger partial charge in [-0.15, -0.1) is 0 Å². The molecule has 1 nitrogen and oxygen atoms in total. The van der Waals surface area contributed by atoms with Crippen molar-refractivity contribution in [3.05, 3.63) is 51.4 Å². The molecular weight excluding hydrogens is 352 g/mol. The molecule has 0 atom stereocenters. The van der Waals surface area contributed by atoms with Gasteiger partial charge in [-0.2, -0.15) is 0 Å². The minimum Gasteiger partial charge on any atom is -0.508 e. The number of halogens is 2. The molecule has 2 rings (SSSR count). The fourth-order valence-electron chi connectivity index (χ4n) is 1.20. The minimum atomic E-state index is 0.270. The maximum Gasteiger partial charge on any atom is 0.116 e. The van der Waals surface area contributed by atoms with Crippen LogP contribution in [0.15, 0.2) is 61.2 Å². The van der Waals surface area contributed by atoms with Crippen molar-refractivity contribution in [2.75, 3.05) is 0 Å². The van der Waals surface area contributed by atoms with Crippen molar-refractivity contribution in [3.63, 3.8) is 0 Å². The molecule has 4 heteroatoms. The molecule has 0 aliphatic carbocycles. The van der Waals surface area contributed by atoms with E-state index in [1.165, 1.54) is 0 Å². The van der Waals surface area contributed by atoms with E-state index in [9.17, 15) is 5.11 Å². The largest absolute Gasteiger partial charge is 0.508 e. The Morgan fingerprint density at radius 2 is 1.62 bits per heavy atom. The number of aromatic hydroxyl groups is 1. The van der Waals surface area contributed by atoms with E-state index in [1.807, 2.05) is 30.3 Å². The van der Waals surface area contributed by atoms with E-state index < -0.39 is 0 Å². The van der Waals surface area contributed by atoms with Gasteiger partial charge in [0.2, 0.25) is 0 Å². The molecule has 0 fully saturated rings. The van der Waals surface area contributed by atoms with Crippen LogP contribution < -0.4 is 0 Å². The van der Waals surface area contributed by atoms with Crippen molar-refractivity contribution < 1.29 is 5.11 Å². The van der Waals surface area contributed by atoms with Crippen LogP contribution in [0.25, 0.3) is 0 Å². The van der Waals surface area contributed by atoms with Gasteiger partial charge in [-0.05, 0) is 58.4 Å². The standard InChI is InChI=1S/C12H8Br2OS/c13-8-1-4-10(5-2-8)16-12-6-3-9(15)7-11(12)14/h1-7,15H.